The number of halogens is 1. The van der Waals surface area contributed by atoms with Crippen molar-refractivity contribution in [3.05, 3.63) is 29.8 Å². The van der Waals surface area contributed by atoms with E-state index in [1.54, 1.807) is 24.3 Å². The number of ether oxygens (including phenoxy) is 2. The highest BCUT2D eigenvalue weighted by molar-refractivity contribution is 5.98. The van der Waals surface area contributed by atoms with Gasteiger partial charge in [-0.3, -0.25) is 9.59 Å². The molecular formula is C19H30ClN3O4. The van der Waals surface area contributed by atoms with Gasteiger partial charge in [-0.05, 0) is 50.3 Å². The van der Waals surface area contributed by atoms with Crippen LogP contribution in [0.1, 0.15) is 36.5 Å². The summed E-state index contributed by atoms with van der Waals surface area (Å²) in [6, 6.07) is 6.29. The van der Waals surface area contributed by atoms with Gasteiger partial charge >= 0.3 is 0 Å². The number of benzene rings is 1. The zero-order valence-corrected chi connectivity index (χ0v) is 16.6. The predicted molar refractivity (Wildman–Crippen MR) is 107 cm³/mol. The molecule has 1 heterocycles. The smallest absolute Gasteiger partial charge is 0.251 e. The van der Waals surface area contributed by atoms with Crippen molar-refractivity contribution in [1.29, 1.82) is 0 Å². The molecule has 1 aromatic carbocycles. The molecule has 0 aromatic heterocycles. The van der Waals surface area contributed by atoms with Gasteiger partial charge in [-0.2, -0.15) is 0 Å². The number of hydrogen-bond acceptors (Lipinski definition) is 5. The van der Waals surface area contributed by atoms with Gasteiger partial charge in [0.2, 0.25) is 5.91 Å². The normalized spacial score (nSPS) is 15.5. The lowest BCUT2D eigenvalue weighted by molar-refractivity contribution is -0.119. The Bertz CT molecular complexity index is 594. The Morgan fingerprint density at radius 3 is 2.78 bits per heavy atom. The topological polar surface area (TPSA) is 103 Å². The first-order valence-corrected chi connectivity index (χ1v) is 9.22. The van der Waals surface area contributed by atoms with Crippen LogP contribution >= 0.6 is 12.4 Å². The Balaban J connectivity index is 0.00000364. The first-order chi connectivity index (χ1) is 12.6. The second-order valence-corrected chi connectivity index (χ2v) is 6.35. The van der Waals surface area contributed by atoms with E-state index in [2.05, 4.69) is 10.6 Å². The number of rotatable bonds is 9. The Labute approximate surface area is 166 Å². The van der Waals surface area contributed by atoms with E-state index >= 15 is 0 Å². The fraction of sp³-hybridized carbons (Fsp3) is 0.579. The molecule has 0 bridgehead atoms. The highest BCUT2D eigenvalue weighted by Crippen LogP contribution is 2.19. The van der Waals surface area contributed by atoms with Crippen molar-refractivity contribution in [2.24, 2.45) is 11.7 Å². The number of carbonyl (C=O) groups is 2. The average Bonchev–Trinajstić information content (AvgIpc) is 2.68. The van der Waals surface area contributed by atoms with Crippen LogP contribution in [0.25, 0.3) is 0 Å². The summed E-state index contributed by atoms with van der Waals surface area (Å²) in [4.78, 5) is 24.6. The Morgan fingerprint density at radius 2 is 2.07 bits per heavy atom. The quantitative estimate of drug-likeness (QED) is 0.551. The number of anilines is 1. The van der Waals surface area contributed by atoms with Crippen LogP contribution in [-0.4, -0.2) is 50.8 Å². The summed E-state index contributed by atoms with van der Waals surface area (Å²) in [6.07, 6.45) is 2.34. The van der Waals surface area contributed by atoms with Gasteiger partial charge in [0.05, 0.1) is 6.04 Å². The lowest BCUT2D eigenvalue weighted by Gasteiger charge is -2.26. The summed E-state index contributed by atoms with van der Waals surface area (Å²) in [5, 5.41) is 5.66. The van der Waals surface area contributed by atoms with Crippen LogP contribution in [0.5, 0.6) is 0 Å². The number of hydrogen-bond donors (Lipinski definition) is 3. The molecule has 2 rings (SSSR count). The second-order valence-electron chi connectivity index (χ2n) is 6.35. The Morgan fingerprint density at radius 1 is 1.33 bits per heavy atom. The predicted octanol–water partition coefficient (Wildman–Crippen LogP) is 1.96. The summed E-state index contributed by atoms with van der Waals surface area (Å²) in [5.41, 5.74) is 7.15. The molecule has 7 nitrogen and oxygen atoms in total. The van der Waals surface area contributed by atoms with Gasteiger partial charge in [-0.15, -0.1) is 12.4 Å². The molecule has 1 aliphatic heterocycles. The SMILES string of the molecule is CCOCCCNC(=O)c1cccc(NC(=O)C(N)C2CCOCC2)c1.Cl. The summed E-state index contributed by atoms with van der Waals surface area (Å²) >= 11 is 0. The first-order valence-electron chi connectivity index (χ1n) is 9.22. The molecule has 1 unspecified atom stereocenters. The van der Waals surface area contributed by atoms with Gasteiger partial charge < -0.3 is 25.8 Å². The van der Waals surface area contributed by atoms with E-state index in [-0.39, 0.29) is 30.1 Å². The van der Waals surface area contributed by atoms with Crippen molar-refractivity contribution in [2.75, 3.05) is 38.3 Å². The number of amides is 2. The van der Waals surface area contributed by atoms with Crippen LogP contribution in [0.3, 0.4) is 0 Å². The maximum Gasteiger partial charge on any atom is 0.251 e. The van der Waals surface area contributed by atoms with Crippen LogP contribution < -0.4 is 16.4 Å². The molecule has 1 saturated heterocycles. The van der Waals surface area contributed by atoms with E-state index in [0.29, 0.717) is 44.2 Å². The van der Waals surface area contributed by atoms with Crippen molar-refractivity contribution in [2.45, 2.75) is 32.2 Å². The molecule has 4 N–H and O–H groups in total. The molecule has 0 aliphatic carbocycles. The van der Waals surface area contributed by atoms with Crippen LogP contribution in [0.4, 0.5) is 5.69 Å². The van der Waals surface area contributed by atoms with Gasteiger partial charge in [0.25, 0.3) is 5.91 Å². The third-order valence-electron chi connectivity index (χ3n) is 4.42. The van der Waals surface area contributed by atoms with Gasteiger partial charge in [0.1, 0.15) is 0 Å². The van der Waals surface area contributed by atoms with Gasteiger partial charge in [-0.25, -0.2) is 0 Å². The maximum atomic E-state index is 12.4. The van der Waals surface area contributed by atoms with Crippen molar-refractivity contribution < 1.29 is 19.1 Å². The summed E-state index contributed by atoms with van der Waals surface area (Å²) in [6.45, 7) is 5.06. The standard InChI is InChI=1S/C19H29N3O4.ClH/c1-2-25-10-4-9-21-18(23)15-5-3-6-16(13-15)22-19(24)17(20)14-7-11-26-12-8-14;/h3,5-6,13-14,17H,2,4,7-12,20H2,1H3,(H,21,23)(H,22,24);1H. The third-order valence-corrected chi connectivity index (χ3v) is 4.42. The van der Waals surface area contributed by atoms with E-state index in [1.165, 1.54) is 0 Å². The molecule has 27 heavy (non-hydrogen) atoms. The molecule has 0 radical (unpaired) electrons. The lowest BCUT2D eigenvalue weighted by Crippen LogP contribution is -2.44. The fourth-order valence-electron chi connectivity index (χ4n) is 2.88. The lowest BCUT2D eigenvalue weighted by atomic mass is 9.92. The maximum absolute atomic E-state index is 12.4. The first kappa shape index (κ1) is 23.4. The minimum atomic E-state index is -0.574. The van der Waals surface area contributed by atoms with Crippen molar-refractivity contribution in [3.63, 3.8) is 0 Å². The van der Waals surface area contributed by atoms with E-state index in [1.807, 2.05) is 6.92 Å². The molecular weight excluding hydrogens is 370 g/mol. The van der Waals surface area contributed by atoms with E-state index in [9.17, 15) is 9.59 Å². The van der Waals surface area contributed by atoms with Crippen LogP contribution in [0.15, 0.2) is 24.3 Å². The molecule has 0 spiro atoms. The highest BCUT2D eigenvalue weighted by Gasteiger charge is 2.26. The van der Waals surface area contributed by atoms with Gasteiger partial charge in [0, 0.05) is 44.2 Å². The summed E-state index contributed by atoms with van der Waals surface area (Å²) < 4.78 is 10.5. The zero-order chi connectivity index (χ0) is 18.8. The number of nitrogens with two attached hydrogens (primary N) is 1. The number of nitrogens with one attached hydrogen (secondary N) is 2. The minimum Gasteiger partial charge on any atom is -0.382 e. The van der Waals surface area contributed by atoms with Crippen molar-refractivity contribution >= 4 is 29.9 Å². The van der Waals surface area contributed by atoms with Crippen LogP contribution in [0.2, 0.25) is 0 Å². The second kappa shape index (κ2) is 12.7. The molecule has 1 fully saturated rings. The third kappa shape index (κ3) is 7.84. The van der Waals surface area contributed by atoms with Gasteiger partial charge in [0.15, 0.2) is 0 Å². The monoisotopic (exact) mass is 399 g/mol. The van der Waals surface area contributed by atoms with E-state index < -0.39 is 6.04 Å². The van der Waals surface area contributed by atoms with Crippen molar-refractivity contribution in [1.82, 2.24) is 5.32 Å². The minimum absolute atomic E-state index is 0. The van der Waals surface area contributed by atoms with E-state index in [4.69, 9.17) is 15.2 Å². The highest BCUT2D eigenvalue weighted by atomic mass is 35.5. The largest absolute Gasteiger partial charge is 0.382 e. The fourth-order valence-corrected chi connectivity index (χ4v) is 2.88. The summed E-state index contributed by atoms with van der Waals surface area (Å²) in [7, 11) is 0. The molecule has 1 aromatic rings. The van der Waals surface area contributed by atoms with Gasteiger partial charge in [-0.1, -0.05) is 6.07 Å². The molecule has 2 amide bonds. The van der Waals surface area contributed by atoms with Crippen LogP contribution in [0, 0.1) is 5.92 Å². The van der Waals surface area contributed by atoms with Crippen molar-refractivity contribution in [3.8, 4) is 0 Å². The molecule has 1 aliphatic rings. The molecule has 0 saturated carbocycles. The van der Waals surface area contributed by atoms with Crippen LogP contribution in [-0.2, 0) is 14.3 Å². The molecule has 8 heteroatoms. The molecule has 152 valence electrons. The molecule has 1 atom stereocenters. The Kier molecular flexibility index (Phi) is 11.0. The Hall–Kier alpha value is -1.67. The summed E-state index contributed by atoms with van der Waals surface area (Å²) in [5.74, 6) is -0.280. The number of carbonyl (C=O) groups excluding carboxylic acids is 2. The van der Waals surface area contributed by atoms with E-state index in [0.717, 1.165) is 19.3 Å². The average molecular weight is 400 g/mol. The zero-order valence-electron chi connectivity index (χ0n) is 15.7.